The van der Waals surface area contributed by atoms with Crippen molar-refractivity contribution in [2.75, 3.05) is 5.32 Å². The summed E-state index contributed by atoms with van der Waals surface area (Å²) in [7, 11) is 0. The molecule has 1 saturated carbocycles. The highest BCUT2D eigenvalue weighted by molar-refractivity contribution is 6.06. The molecule has 0 radical (unpaired) electrons. The Balaban J connectivity index is 1.71. The summed E-state index contributed by atoms with van der Waals surface area (Å²) in [4.78, 5) is 29.0. The van der Waals surface area contributed by atoms with Crippen LogP contribution in [0.1, 0.15) is 33.9 Å². The first-order valence-corrected chi connectivity index (χ1v) is 8.08. The van der Waals surface area contributed by atoms with Gasteiger partial charge in [0.15, 0.2) is 5.69 Å². The summed E-state index contributed by atoms with van der Waals surface area (Å²) in [5.74, 6) is -3.13. The Bertz CT molecular complexity index is 1010. The number of hydrogen-bond donors (Lipinski definition) is 2. The van der Waals surface area contributed by atoms with Crippen LogP contribution in [-0.2, 0) is 0 Å². The molecule has 8 heteroatoms. The van der Waals surface area contributed by atoms with Crippen LogP contribution in [0.2, 0.25) is 0 Å². The molecule has 1 fully saturated rings. The van der Waals surface area contributed by atoms with E-state index in [1.54, 1.807) is 24.4 Å². The molecule has 2 aromatic heterocycles. The molecule has 0 atom stereocenters. The van der Waals surface area contributed by atoms with Crippen LogP contribution in [0.15, 0.2) is 42.6 Å². The predicted octanol–water partition coefficient (Wildman–Crippen LogP) is 2.76. The third-order valence-corrected chi connectivity index (χ3v) is 4.08. The van der Waals surface area contributed by atoms with E-state index in [0.29, 0.717) is 5.52 Å². The number of amides is 2. The highest BCUT2D eigenvalue weighted by Crippen LogP contribution is 2.22. The fraction of sp³-hybridized carbons (Fsp3) is 0.167. The topological polar surface area (TPSA) is 75.5 Å². The Morgan fingerprint density at radius 3 is 2.46 bits per heavy atom. The minimum atomic E-state index is -0.897. The third kappa shape index (κ3) is 2.90. The van der Waals surface area contributed by atoms with Gasteiger partial charge in [-0.3, -0.25) is 14.0 Å². The van der Waals surface area contributed by atoms with E-state index in [-0.39, 0.29) is 23.5 Å². The maximum absolute atomic E-state index is 13.8. The molecular weight excluding hydrogens is 342 g/mol. The molecule has 0 spiro atoms. The molecule has 26 heavy (non-hydrogen) atoms. The zero-order valence-corrected chi connectivity index (χ0v) is 13.5. The van der Waals surface area contributed by atoms with Crippen molar-refractivity contribution in [3.8, 4) is 0 Å². The van der Waals surface area contributed by atoms with Gasteiger partial charge in [-0.05, 0) is 37.1 Å². The molecule has 1 aliphatic rings. The Morgan fingerprint density at radius 1 is 1.04 bits per heavy atom. The number of carbonyl (C=O) groups is 2. The smallest absolute Gasteiger partial charge is 0.292 e. The molecule has 0 unspecified atom stereocenters. The van der Waals surface area contributed by atoms with Gasteiger partial charge in [-0.1, -0.05) is 12.1 Å². The molecule has 2 heterocycles. The highest BCUT2D eigenvalue weighted by Gasteiger charge is 2.28. The van der Waals surface area contributed by atoms with Gasteiger partial charge in [-0.2, -0.15) is 0 Å². The van der Waals surface area contributed by atoms with Crippen LogP contribution in [0.5, 0.6) is 0 Å². The number of aromatic nitrogens is 2. The number of nitrogens with one attached hydrogen (secondary N) is 2. The Kier molecular flexibility index (Phi) is 3.87. The Morgan fingerprint density at radius 2 is 1.77 bits per heavy atom. The first kappa shape index (κ1) is 16.2. The van der Waals surface area contributed by atoms with Crippen LogP contribution in [0.4, 0.5) is 14.5 Å². The zero-order chi connectivity index (χ0) is 18.3. The summed E-state index contributed by atoms with van der Waals surface area (Å²) in [5.41, 5.74) is -0.0318. The number of hydrogen-bond acceptors (Lipinski definition) is 3. The number of para-hydroxylation sites is 1. The van der Waals surface area contributed by atoms with E-state index >= 15 is 0 Å². The van der Waals surface area contributed by atoms with Crippen molar-refractivity contribution >= 4 is 23.0 Å². The van der Waals surface area contributed by atoms with Crippen LogP contribution in [0.3, 0.4) is 0 Å². The molecule has 2 N–H and O–H groups in total. The van der Waals surface area contributed by atoms with Crippen LogP contribution < -0.4 is 10.6 Å². The van der Waals surface area contributed by atoms with E-state index in [2.05, 4.69) is 15.6 Å². The van der Waals surface area contributed by atoms with Crippen LogP contribution in [0, 0.1) is 11.6 Å². The first-order chi connectivity index (χ1) is 12.5. The SMILES string of the molecule is O=C(NC1CC1)c1nc(C(=O)Nc2c(F)cccc2F)n2ccccc12. The molecule has 0 aliphatic heterocycles. The third-order valence-electron chi connectivity index (χ3n) is 4.08. The number of nitrogens with zero attached hydrogens (tertiary/aromatic N) is 2. The van der Waals surface area contributed by atoms with Crippen LogP contribution in [0.25, 0.3) is 5.52 Å². The lowest BCUT2D eigenvalue weighted by Crippen LogP contribution is -2.26. The standard InChI is InChI=1S/C18H14F2N4O2/c19-11-4-3-5-12(20)14(11)23-18(26)16-22-15(17(25)21-10-7-8-10)13-6-1-2-9-24(13)16/h1-6,9-10H,7-8H2,(H,21,25)(H,23,26). The van der Waals surface area contributed by atoms with Gasteiger partial charge >= 0.3 is 0 Å². The van der Waals surface area contributed by atoms with Gasteiger partial charge in [-0.15, -0.1) is 0 Å². The Labute approximate surface area is 146 Å². The maximum atomic E-state index is 13.8. The monoisotopic (exact) mass is 356 g/mol. The number of fused-ring (bicyclic) bond motifs is 1. The fourth-order valence-corrected chi connectivity index (χ4v) is 2.63. The van der Waals surface area contributed by atoms with Crippen molar-refractivity contribution in [1.29, 1.82) is 0 Å². The summed E-state index contributed by atoms with van der Waals surface area (Å²) in [5, 5.41) is 5.00. The number of imidazole rings is 1. The second kappa shape index (κ2) is 6.21. The van der Waals surface area contributed by atoms with Crippen molar-refractivity contribution in [3.63, 3.8) is 0 Å². The summed E-state index contributed by atoms with van der Waals surface area (Å²) in [6, 6.07) is 8.43. The van der Waals surface area contributed by atoms with Gasteiger partial charge in [-0.25, -0.2) is 13.8 Å². The second-order valence-electron chi connectivity index (χ2n) is 6.04. The van der Waals surface area contributed by atoms with Gasteiger partial charge in [0.05, 0.1) is 5.52 Å². The van der Waals surface area contributed by atoms with Crippen molar-refractivity contribution in [2.24, 2.45) is 0 Å². The summed E-state index contributed by atoms with van der Waals surface area (Å²) in [6.07, 6.45) is 3.39. The van der Waals surface area contributed by atoms with Crippen LogP contribution >= 0.6 is 0 Å². The molecule has 4 rings (SSSR count). The van der Waals surface area contributed by atoms with Crippen molar-refractivity contribution in [2.45, 2.75) is 18.9 Å². The average molecular weight is 356 g/mol. The molecule has 3 aromatic rings. The summed E-state index contributed by atoms with van der Waals surface area (Å²) in [6.45, 7) is 0. The average Bonchev–Trinajstić information content (AvgIpc) is 3.35. The number of benzene rings is 1. The van der Waals surface area contributed by atoms with E-state index in [0.717, 1.165) is 25.0 Å². The van der Waals surface area contributed by atoms with Crippen molar-refractivity contribution in [1.82, 2.24) is 14.7 Å². The zero-order valence-electron chi connectivity index (χ0n) is 13.5. The summed E-state index contributed by atoms with van der Waals surface area (Å²) < 4.78 is 29.0. The maximum Gasteiger partial charge on any atom is 0.292 e. The number of rotatable bonds is 4. The number of anilines is 1. The first-order valence-electron chi connectivity index (χ1n) is 8.08. The van der Waals surface area contributed by atoms with E-state index in [1.807, 2.05) is 0 Å². The van der Waals surface area contributed by atoms with Gasteiger partial charge in [0.1, 0.15) is 17.3 Å². The second-order valence-corrected chi connectivity index (χ2v) is 6.04. The van der Waals surface area contributed by atoms with Gasteiger partial charge in [0.2, 0.25) is 5.82 Å². The molecule has 132 valence electrons. The molecule has 1 aliphatic carbocycles. The lowest BCUT2D eigenvalue weighted by atomic mass is 10.3. The van der Waals surface area contributed by atoms with Crippen molar-refractivity contribution in [3.05, 3.63) is 65.7 Å². The minimum absolute atomic E-state index is 0.0941. The molecule has 0 bridgehead atoms. The number of carbonyl (C=O) groups excluding carboxylic acids is 2. The predicted molar refractivity (Wildman–Crippen MR) is 90.0 cm³/mol. The molecule has 2 amide bonds. The fourth-order valence-electron chi connectivity index (χ4n) is 2.63. The van der Waals surface area contributed by atoms with E-state index in [9.17, 15) is 18.4 Å². The van der Waals surface area contributed by atoms with Gasteiger partial charge in [0, 0.05) is 12.2 Å². The lowest BCUT2D eigenvalue weighted by Gasteiger charge is -2.06. The quantitative estimate of drug-likeness (QED) is 0.755. The minimum Gasteiger partial charge on any atom is -0.348 e. The van der Waals surface area contributed by atoms with Gasteiger partial charge < -0.3 is 10.6 Å². The number of halogens is 2. The van der Waals surface area contributed by atoms with E-state index in [4.69, 9.17) is 0 Å². The number of pyridine rings is 1. The molecule has 6 nitrogen and oxygen atoms in total. The van der Waals surface area contributed by atoms with E-state index in [1.165, 1.54) is 10.5 Å². The largest absolute Gasteiger partial charge is 0.348 e. The highest BCUT2D eigenvalue weighted by atomic mass is 19.1. The summed E-state index contributed by atoms with van der Waals surface area (Å²) >= 11 is 0. The van der Waals surface area contributed by atoms with E-state index < -0.39 is 23.2 Å². The molecule has 1 aromatic carbocycles. The Hall–Kier alpha value is -3.29. The van der Waals surface area contributed by atoms with Crippen molar-refractivity contribution < 1.29 is 18.4 Å². The normalized spacial score (nSPS) is 13.6. The molecule has 0 saturated heterocycles. The molecular formula is C18H14F2N4O2. The van der Waals surface area contributed by atoms with Gasteiger partial charge in [0.25, 0.3) is 11.8 Å². The van der Waals surface area contributed by atoms with Crippen LogP contribution in [-0.4, -0.2) is 27.2 Å². The lowest BCUT2D eigenvalue weighted by molar-refractivity contribution is 0.0948.